The summed E-state index contributed by atoms with van der Waals surface area (Å²) in [7, 11) is -3.57. The van der Waals surface area contributed by atoms with Gasteiger partial charge in [-0.25, -0.2) is 23.0 Å². The van der Waals surface area contributed by atoms with Gasteiger partial charge in [0.25, 0.3) is 11.8 Å². The molecule has 1 fully saturated rings. The average Bonchev–Trinajstić information content (AvgIpc) is 2.94. The topological polar surface area (TPSA) is 118 Å². The number of carbonyl (C=O) groups is 2. The van der Waals surface area contributed by atoms with E-state index in [1.54, 1.807) is 59.6 Å². The summed E-state index contributed by atoms with van der Waals surface area (Å²) < 4.78 is 41.2. The summed E-state index contributed by atoms with van der Waals surface area (Å²) in [6.07, 6.45) is 5.40. The summed E-state index contributed by atoms with van der Waals surface area (Å²) in [5, 5.41) is 0. The highest BCUT2D eigenvalue weighted by atomic mass is 32.2. The third-order valence-electron chi connectivity index (χ3n) is 7.44. The van der Waals surface area contributed by atoms with Gasteiger partial charge in [-0.3, -0.25) is 19.4 Å². The number of pyridine rings is 1. The second-order valence-corrected chi connectivity index (χ2v) is 12.0. The predicted octanol–water partition coefficient (Wildman–Crippen LogP) is 3.61. The Kier molecular flexibility index (Phi) is 8.24. The smallest absolute Gasteiger partial charge is 0.255 e. The Balaban J connectivity index is 1.57. The molecule has 2 N–H and O–H groups in total. The van der Waals surface area contributed by atoms with Crippen molar-refractivity contribution in [2.75, 3.05) is 6.26 Å². The van der Waals surface area contributed by atoms with Crippen LogP contribution in [0.15, 0.2) is 72.9 Å². The summed E-state index contributed by atoms with van der Waals surface area (Å²) in [5.41, 5.74) is 4.58. The molecule has 40 heavy (non-hydrogen) atoms. The maximum atomic E-state index is 14.1. The highest BCUT2D eigenvalue weighted by Gasteiger charge is 2.49. The van der Waals surface area contributed by atoms with Gasteiger partial charge in [-0.15, -0.1) is 0 Å². The van der Waals surface area contributed by atoms with Crippen LogP contribution in [-0.2, 0) is 26.3 Å². The fourth-order valence-corrected chi connectivity index (χ4v) is 6.62. The van der Waals surface area contributed by atoms with Crippen molar-refractivity contribution in [3.8, 4) is 0 Å². The lowest BCUT2D eigenvalue weighted by Crippen LogP contribution is -2.59. The molecule has 0 radical (unpaired) electrons. The van der Waals surface area contributed by atoms with Crippen molar-refractivity contribution in [1.29, 1.82) is 0 Å². The number of halogens is 1. The van der Waals surface area contributed by atoms with Gasteiger partial charge in [-0.05, 0) is 54.3 Å². The molecule has 0 spiro atoms. The average molecular weight is 567 g/mol. The number of amides is 2. The number of aromatic nitrogens is 1. The summed E-state index contributed by atoms with van der Waals surface area (Å²) in [4.78, 5) is 39.4. The number of hydrogen-bond donors (Lipinski definition) is 2. The van der Waals surface area contributed by atoms with Crippen molar-refractivity contribution in [1.82, 2.24) is 20.1 Å². The first-order valence-electron chi connectivity index (χ1n) is 13.2. The van der Waals surface area contributed by atoms with Crippen molar-refractivity contribution in [2.24, 2.45) is 0 Å². The number of nitrogens with zero attached hydrogens (tertiary/aromatic N) is 2. The molecular weight excluding hydrogens is 535 g/mol. The quantitative estimate of drug-likeness (QED) is 0.403. The molecule has 9 nitrogen and oxygen atoms in total. The zero-order chi connectivity index (χ0) is 28.3. The zero-order valence-corrected chi connectivity index (χ0v) is 22.8. The molecule has 210 valence electrons. The Bertz CT molecular complexity index is 1470. The van der Waals surface area contributed by atoms with Crippen LogP contribution in [0, 0.1) is 5.82 Å². The van der Waals surface area contributed by atoms with Crippen LogP contribution in [0.5, 0.6) is 0 Å². The molecule has 11 heteroatoms. The number of rotatable bonds is 8. The Morgan fingerprint density at radius 2 is 1.77 bits per heavy atom. The van der Waals surface area contributed by atoms with Crippen LogP contribution in [0.4, 0.5) is 4.39 Å². The Hall–Kier alpha value is -3.67. The summed E-state index contributed by atoms with van der Waals surface area (Å²) in [6, 6.07) is 16.0. The number of fused-ring (bicyclic) bond motifs is 1. The SMILES string of the molecule is CS(=O)(=O)N[C@@H]1CCCC[C@H]1N1C(=O)c2ccccc2[C@@H](C(=O)NOCc2ccccn2)[C@@H]1c1ccc(F)cc1. The van der Waals surface area contributed by atoms with Crippen LogP contribution < -0.4 is 10.2 Å². The van der Waals surface area contributed by atoms with Gasteiger partial charge in [0.1, 0.15) is 12.4 Å². The van der Waals surface area contributed by atoms with Crippen LogP contribution in [-0.4, -0.2) is 48.5 Å². The van der Waals surface area contributed by atoms with Crippen LogP contribution in [0.25, 0.3) is 0 Å². The van der Waals surface area contributed by atoms with Crippen LogP contribution in [0.1, 0.15) is 64.8 Å². The molecular formula is C29H31FN4O5S. The minimum Gasteiger partial charge on any atom is -0.326 e. The molecule has 1 aromatic heterocycles. The molecule has 2 aliphatic rings. The molecule has 1 saturated carbocycles. The lowest BCUT2D eigenvalue weighted by molar-refractivity contribution is -0.138. The van der Waals surface area contributed by atoms with Gasteiger partial charge < -0.3 is 4.90 Å². The molecule has 0 saturated heterocycles. The lowest BCUT2D eigenvalue weighted by atomic mass is 9.76. The van der Waals surface area contributed by atoms with E-state index >= 15 is 0 Å². The largest absolute Gasteiger partial charge is 0.326 e. The first-order chi connectivity index (χ1) is 19.2. The summed E-state index contributed by atoms with van der Waals surface area (Å²) >= 11 is 0. The van der Waals surface area contributed by atoms with Crippen molar-refractivity contribution >= 4 is 21.8 Å². The van der Waals surface area contributed by atoms with E-state index in [2.05, 4.69) is 15.2 Å². The minimum absolute atomic E-state index is 0.0355. The summed E-state index contributed by atoms with van der Waals surface area (Å²) in [5.74, 6) is -2.16. The lowest BCUT2D eigenvalue weighted by Gasteiger charge is -2.49. The van der Waals surface area contributed by atoms with Gasteiger partial charge >= 0.3 is 0 Å². The molecule has 0 bridgehead atoms. The summed E-state index contributed by atoms with van der Waals surface area (Å²) in [6.45, 7) is 0.0355. The van der Waals surface area contributed by atoms with Crippen LogP contribution in [0.3, 0.4) is 0 Å². The highest BCUT2D eigenvalue weighted by molar-refractivity contribution is 7.88. The van der Waals surface area contributed by atoms with E-state index in [0.717, 1.165) is 19.1 Å². The molecule has 1 aliphatic carbocycles. The third-order valence-corrected chi connectivity index (χ3v) is 8.17. The van der Waals surface area contributed by atoms with E-state index < -0.39 is 45.8 Å². The highest BCUT2D eigenvalue weighted by Crippen LogP contribution is 2.46. The number of hydrogen-bond acceptors (Lipinski definition) is 6. The van der Waals surface area contributed by atoms with E-state index in [4.69, 9.17) is 4.84 Å². The maximum absolute atomic E-state index is 14.1. The van der Waals surface area contributed by atoms with Crippen molar-refractivity contribution in [3.05, 3.63) is 101 Å². The Labute approximate surface area is 232 Å². The van der Waals surface area contributed by atoms with Crippen LogP contribution >= 0.6 is 0 Å². The van der Waals surface area contributed by atoms with E-state index in [1.807, 2.05) is 6.07 Å². The number of carbonyl (C=O) groups excluding carboxylic acids is 2. The number of sulfonamides is 1. The third kappa shape index (κ3) is 6.06. The Morgan fingerprint density at radius 3 is 2.50 bits per heavy atom. The fraction of sp³-hybridized carbons (Fsp3) is 0.345. The van der Waals surface area contributed by atoms with Gasteiger partial charge in [0.15, 0.2) is 0 Å². The van der Waals surface area contributed by atoms with Gasteiger partial charge in [0.05, 0.1) is 23.9 Å². The van der Waals surface area contributed by atoms with Gasteiger partial charge in [-0.1, -0.05) is 49.2 Å². The zero-order valence-electron chi connectivity index (χ0n) is 22.0. The van der Waals surface area contributed by atoms with Crippen molar-refractivity contribution in [3.63, 3.8) is 0 Å². The number of nitrogens with one attached hydrogen (secondary N) is 2. The standard InChI is InChI=1S/C29H31FN4O5S/c1-40(37,38)33-24-11-4-5-12-25(24)34-27(19-13-15-20(30)16-14-19)26(22-9-2-3-10-23(22)29(34)36)28(35)32-39-18-21-8-6-7-17-31-21/h2-3,6-10,13-17,24-27,33H,4-5,11-12,18H2,1H3,(H,32,35)/t24-,25-,26-,27+/m1/s1. The second kappa shape index (κ2) is 11.8. The molecule has 0 unspecified atom stereocenters. The normalized spacial score (nSPS) is 22.9. The fourth-order valence-electron chi connectivity index (χ4n) is 5.80. The van der Waals surface area contributed by atoms with E-state index in [0.29, 0.717) is 35.2 Å². The molecule has 2 heterocycles. The van der Waals surface area contributed by atoms with E-state index in [9.17, 15) is 22.4 Å². The van der Waals surface area contributed by atoms with E-state index in [-0.39, 0.29) is 12.5 Å². The molecule has 2 aromatic carbocycles. The van der Waals surface area contributed by atoms with Crippen LogP contribution in [0.2, 0.25) is 0 Å². The van der Waals surface area contributed by atoms with Crippen molar-refractivity contribution < 1.29 is 27.2 Å². The molecule has 4 atom stereocenters. The first-order valence-corrected chi connectivity index (χ1v) is 15.1. The first kappa shape index (κ1) is 27.9. The molecule has 2 amide bonds. The molecule has 1 aliphatic heterocycles. The Morgan fingerprint density at radius 1 is 1.05 bits per heavy atom. The van der Waals surface area contributed by atoms with Gasteiger partial charge in [0, 0.05) is 23.8 Å². The predicted molar refractivity (Wildman–Crippen MR) is 146 cm³/mol. The molecule has 5 rings (SSSR count). The second-order valence-electron chi connectivity index (χ2n) is 10.2. The number of benzene rings is 2. The van der Waals surface area contributed by atoms with Gasteiger partial charge in [0.2, 0.25) is 10.0 Å². The number of hydroxylamine groups is 1. The molecule has 3 aromatic rings. The van der Waals surface area contributed by atoms with Gasteiger partial charge in [-0.2, -0.15) is 0 Å². The van der Waals surface area contributed by atoms with Crippen molar-refractivity contribution in [2.45, 2.75) is 56.3 Å². The monoisotopic (exact) mass is 566 g/mol. The van der Waals surface area contributed by atoms with E-state index in [1.165, 1.54) is 12.1 Å². The minimum atomic E-state index is -3.57. The maximum Gasteiger partial charge on any atom is 0.255 e.